The number of primary amides is 1. The first-order valence-electron chi connectivity index (χ1n) is 8.61. The normalized spacial score (nSPS) is 9.72. The zero-order chi connectivity index (χ0) is 21.4. The van der Waals surface area contributed by atoms with Gasteiger partial charge in [-0.05, 0) is 74.5 Å². The van der Waals surface area contributed by atoms with E-state index in [1.807, 2.05) is 0 Å². The molecular formula is C22H20N2O5. The first-order valence-corrected chi connectivity index (χ1v) is 8.61. The van der Waals surface area contributed by atoms with Gasteiger partial charge in [0.2, 0.25) is 5.88 Å². The molecule has 0 aliphatic carbocycles. The topological polar surface area (TPSA) is 120 Å². The Morgan fingerprint density at radius 3 is 1.86 bits per heavy atom. The third-order valence-corrected chi connectivity index (χ3v) is 3.79. The molecule has 1 heterocycles. The average Bonchev–Trinajstić information content (AvgIpc) is 2.69. The number of amides is 1. The van der Waals surface area contributed by atoms with Crippen molar-refractivity contribution in [2.24, 2.45) is 5.73 Å². The molecule has 2 aromatic carbocycles. The molecule has 0 unspecified atom stereocenters. The number of aromatic hydroxyl groups is 1. The molecular weight excluding hydrogens is 372 g/mol. The molecule has 0 saturated carbocycles. The van der Waals surface area contributed by atoms with Gasteiger partial charge in [0.05, 0.1) is 0 Å². The van der Waals surface area contributed by atoms with Gasteiger partial charge in [-0.2, -0.15) is 0 Å². The maximum atomic E-state index is 11.2. The van der Waals surface area contributed by atoms with E-state index in [0.29, 0.717) is 16.9 Å². The van der Waals surface area contributed by atoms with Gasteiger partial charge in [0, 0.05) is 17.3 Å². The van der Waals surface area contributed by atoms with E-state index in [-0.39, 0.29) is 28.8 Å². The van der Waals surface area contributed by atoms with Crippen molar-refractivity contribution in [3.63, 3.8) is 0 Å². The summed E-state index contributed by atoms with van der Waals surface area (Å²) in [4.78, 5) is 37.0. The van der Waals surface area contributed by atoms with Crippen LogP contribution in [0.25, 0.3) is 0 Å². The lowest BCUT2D eigenvalue weighted by Gasteiger charge is -2.07. The van der Waals surface area contributed by atoms with Gasteiger partial charge >= 0.3 is 0 Å². The third kappa shape index (κ3) is 6.28. The van der Waals surface area contributed by atoms with Gasteiger partial charge in [-0.1, -0.05) is 0 Å². The van der Waals surface area contributed by atoms with Gasteiger partial charge in [0.25, 0.3) is 5.91 Å². The van der Waals surface area contributed by atoms with E-state index in [2.05, 4.69) is 4.98 Å². The van der Waals surface area contributed by atoms with Crippen LogP contribution in [0.2, 0.25) is 0 Å². The molecule has 3 rings (SSSR count). The summed E-state index contributed by atoms with van der Waals surface area (Å²) >= 11 is 0. The Balaban J connectivity index is 0.000000253. The first kappa shape index (κ1) is 21.3. The highest BCUT2D eigenvalue weighted by atomic mass is 16.5. The number of aromatic nitrogens is 1. The van der Waals surface area contributed by atoms with Gasteiger partial charge < -0.3 is 15.6 Å². The van der Waals surface area contributed by atoms with Crippen LogP contribution in [0.5, 0.6) is 17.4 Å². The standard InChI is InChI=1S/C14H12N2O3.C8H8O2/c1-9(17)10-4-6-11(7-5-10)19-14-12(13(15)18)3-2-8-16-14;1-6(9)7-2-4-8(10)5-3-7/h2-8H,1H3,(H2,15,18);2-5,10H,1H3. The molecule has 0 aliphatic rings. The number of rotatable bonds is 5. The van der Waals surface area contributed by atoms with Crippen LogP contribution in [0, 0.1) is 0 Å². The summed E-state index contributed by atoms with van der Waals surface area (Å²) in [7, 11) is 0. The van der Waals surface area contributed by atoms with E-state index < -0.39 is 5.91 Å². The second-order valence-corrected chi connectivity index (χ2v) is 6.01. The SMILES string of the molecule is CC(=O)c1ccc(O)cc1.CC(=O)c1ccc(Oc2ncccc2C(N)=O)cc1. The van der Waals surface area contributed by atoms with E-state index in [1.165, 1.54) is 38.2 Å². The number of carbonyl (C=O) groups excluding carboxylic acids is 3. The average molecular weight is 392 g/mol. The Morgan fingerprint density at radius 1 is 0.862 bits per heavy atom. The minimum absolute atomic E-state index is 0.0139. The molecule has 3 N–H and O–H groups in total. The van der Waals surface area contributed by atoms with Crippen LogP contribution >= 0.6 is 0 Å². The van der Waals surface area contributed by atoms with E-state index in [9.17, 15) is 14.4 Å². The van der Waals surface area contributed by atoms with Crippen molar-refractivity contribution < 1.29 is 24.2 Å². The number of phenolic OH excluding ortho intramolecular Hbond substituents is 1. The van der Waals surface area contributed by atoms with E-state index in [0.717, 1.165) is 0 Å². The number of nitrogens with zero attached hydrogens (tertiary/aromatic N) is 1. The second kappa shape index (κ2) is 9.80. The number of nitrogens with two attached hydrogens (primary N) is 1. The van der Waals surface area contributed by atoms with Crippen LogP contribution in [-0.2, 0) is 0 Å². The first-order chi connectivity index (χ1) is 13.8. The smallest absolute Gasteiger partial charge is 0.254 e. The lowest BCUT2D eigenvalue weighted by molar-refractivity contribution is 0.0992. The Bertz CT molecular complexity index is 1010. The summed E-state index contributed by atoms with van der Waals surface area (Å²) in [6, 6.07) is 15.9. The van der Waals surface area contributed by atoms with Crippen molar-refractivity contribution in [2.75, 3.05) is 0 Å². The molecule has 7 nitrogen and oxygen atoms in total. The van der Waals surface area contributed by atoms with Gasteiger partial charge in [-0.3, -0.25) is 14.4 Å². The van der Waals surface area contributed by atoms with E-state index >= 15 is 0 Å². The number of hydrogen-bond donors (Lipinski definition) is 2. The number of phenols is 1. The molecule has 1 aromatic heterocycles. The minimum Gasteiger partial charge on any atom is -0.508 e. The monoisotopic (exact) mass is 392 g/mol. The largest absolute Gasteiger partial charge is 0.508 e. The highest BCUT2D eigenvalue weighted by Crippen LogP contribution is 2.23. The molecule has 0 aliphatic heterocycles. The molecule has 29 heavy (non-hydrogen) atoms. The third-order valence-electron chi connectivity index (χ3n) is 3.79. The summed E-state index contributed by atoms with van der Waals surface area (Å²) in [5.74, 6) is 0.187. The van der Waals surface area contributed by atoms with Crippen molar-refractivity contribution in [3.8, 4) is 17.4 Å². The van der Waals surface area contributed by atoms with Crippen LogP contribution in [-0.4, -0.2) is 27.6 Å². The fraction of sp³-hybridized carbons (Fsp3) is 0.0909. The van der Waals surface area contributed by atoms with Crippen molar-refractivity contribution in [1.29, 1.82) is 0 Å². The van der Waals surface area contributed by atoms with Gasteiger partial charge in [-0.15, -0.1) is 0 Å². The van der Waals surface area contributed by atoms with Gasteiger partial charge in [-0.25, -0.2) is 4.98 Å². The highest BCUT2D eigenvalue weighted by molar-refractivity contribution is 5.95. The van der Waals surface area contributed by atoms with Crippen molar-refractivity contribution in [2.45, 2.75) is 13.8 Å². The number of ether oxygens (including phenoxy) is 1. The molecule has 3 aromatic rings. The Labute approximate surface area is 167 Å². The quantitative estimate of drug-likeness (QED) is 0.638. The van der Waals surface area contributed by atoms with Crippen molar-refractivity contribution >= 4 is 17.5 Å². The molecule has 1 amide bonds. The van der Waals surface area contributed by atoms with Crippen LogP contribution < -0.4 is 10.5 Å². The minimum atomic E-state index is -0.608. The van der Waals surface area contributed by atoms with Gasteiger partial charge in [0.15, 0.2) is 11.6 Å². The van der Waals surface area contributed by atoms with Crippen LogP contribution in [0.3, 0.4) is 0 Å². The number of ketones is 2. The zero-order valence-electron chi connectivity index (χ0n) is 16.0. The van der Waals surface area contributed by atoms with Crippen LogP contribution in [0.1, 0.15) is 44.9 Å². The second-order valence-electron chi connectivity index (χ2n) is 6.01. The number of hydrogen-bond acceptors (Lipinski definition) is 6. The Hall–Kier alpha value is -4.00. The molecule has 0 spiro atoms. The molecule has 0 bridgehead atoms. The Kier molecular flexibility index (Phi) is 7.20. The number of Topliss-reactive ketones (excluding diaryl/α,β-unsaturated/α-hetero) is 2. The molecule has 148 valence electrons. The lowest BCUT2D eigenvalue weighted by atomic mass is 10.1. The summed E-state index contributed by atoms with van der Waals surface area (Å²) in [6.07, 6.45) is 1.51. The fourth-order valence-corrected chi connectivity index (χ4v) is 2.23. The summed E-state index contributed by atoms with van der Waals surface area (Å²) in [6.45, 7) is 2.98. The zero-order valence-corrected chi connectivity index (χ0v) is 16.0. The molecule has 0 radical (unpaired) electrons. The van der Waals surface area contributed by atoms with Crippen LogP contribution in [0.15, 0.2) is 66.9 Å². The Morgan fingerprint density at radius 2 is 1.38 bits per heavy atom. The lowest BCUT2D eigenvalue weighted by Crippen LogP contribution is -2.12. The van der Waals surface area contributed by atoms with E-state index in [4.69, 9.17) is 15.6 Å². The number of pyridine rings is 1. The number of carbonyl (C=O) groups is 3. The summed E-state index contributed by atoms with van der Waals surface area (Å²) in [5, 5.41) is 8.83. The highest BCUT2D eigenvalue weighted by Gasteiger charge is 2.11. The maximum Gasteiger partial charge on any atom is 0.254 e. The summed E-state index contributed by atoms with van der Waals surface area (Å²) < 4.78 is 5.48. The van der Waals surface area contributed by atoms with Gasteiger partial charge in [0.1, 0.15) is 17.1 Å². The van der Waals surface area contributed by atoms with Crippen molar-refractivity contribution in [1.82, 2.24) is 4.98 Å². The van der Waals surface area contributed by atoms with E-state index in [1.54, 1.807) is 42.5 Å². The predicted octanol–water partition coefficient (Wildman–Crippen LogP) is 3.77. The van der Waals surface area contributed by atoms with Crippen LogP contribution in [0.4, 0.5) is 0 Å². The molecule has 7 heteroatoms. The molecule has 0 atom stereocenters. The predicted molar refractivity (Wildman–Crippen MR) is 107 cm³/mol. The molecule has 0 fully saturated rings. The molecule has 0 saturated heterocycles. The number of benzene rings is 2. The fourth-order valence-electron chi connectivity index (χ4n) is 2.23. The van der Waals surface area contributed by atoms with Crippen molar-refractivity contribution in [3.05, 3.63) is 83.6 Å². The summed E-state index contributed by atoms with van der Waals surface area (Å²) in [5.41, 5.74) is 6.64. The maximum absolute atomic E-state index is 11.2.